The summed E-state index contributed by atoms with van der Waals surface area (Å²) in [6.45, 7) is 8.27. The summed E-state index contributed by atoms with van der Waals surface area (Å²) in [5.74, 6) is 0.892. The first-order valence-corrected chi connectivity index (χ1v) is 7.07. The molecule has 1 aliphatic carbocycles. The normalized spacial score (nSPS) is 20.1. The standard InChI is InChI=1S/C17H24O/c1-12-7-5-6-8-13-11-14(9-10-15(12)13)16(18)17(2,3)4/h9-12H,5-8H2,1-4H3. The molecule has 2 rings (SSSR count). The van der Waals surface area contributed by atoms with Crippen LogP contribution in [0.1, 0.15) is 74.4 Å². The molecular formula is C17H24O. The van der Waals surface area contributed by atoms with Crippen LogP contribution < -0.4 is 0 Å². The Morgan fingerprint density at radius 1 is 1.22 bits per heavy atom. The summed E-state index contributed by atoms with van der Waals surface area (Å²) < 4.78 is 0. The summed E-state index contributed by atoms with van der Waals surface area (Å²) in [5.41, 5.74) is 3.45. The van der Waals surface area contributed by atoms with E-state index in [9.17, 15) is 4.79 Å². The molecule has 0 bridgehead atoms. The van der Waals surface area contributed by atoms with Crippen LogP contribution in [0.15, 0.2) is 18.2 Å². The minimum absolute atomic E-state index is 0.252. The molecule has 98 valence electrons. The highest BCUT2D eigenvalue weighted by molar-refractivity contribution is 6.00. The van der Waals surface area contributed by atoms with E-state index in [0.717, 1.165) is 12.0 Å². The van der Waals surface area contributed by atoms with Crippen LogP contribution in [0.5, 0.6) is 0 Å². The van der Waals surface area contributed by atoms with Crippen molar-refractivity contribution in [2.24, 2.45) is 5.41 Å². The van der Waals surface area contributed by atoms with Gasteiger partial charge in [0.15, 0.2) is 5.78 Å². The van der Waals surface area contributed by atoms with Crippen molar-refractivity contribution >= 4 is 5.78 Å². The van der Waals surface area contributed by atoms with Crippen LogP contribution >= 0.6 is 0 Å². The highest BCUT2D eigenvalue weighted by Gasteiger charge is 2.24. The van der Waals surface area contributed by atoms with E-state index in [-0.39, 0.29) is 11.2 Å². The fourth-order valence-corrected chi connectivity index (χ4v) is 2.80. The van der Waals surface area contributed by atoms with Gasteiger partial charge in [0.2, 0.25) is 0 Å². The third-order valence-electron chi connectivity index (χ3n) is 3.95. The van der Waals surface area contributed by atoms with E-state index >= 15 is 0 Å². The molecule has 18 heavy (non-hydrogen) atoms. The Bertz CT molecular complexity index is 451. The summed E-state index contributed by atoms with van der Waals surface area (Å²) in [7, 11) is 0. The Morgan fingerprint density at radius 3 is 2.61 bits per heavy atom. The number of carbonyl (C=O) groups excluding carboxylic acids is 1. The van der Waals surface area contributed by atoms with Gasteiger partial charge in [0, 0.05) is 11.0 Å². The maximum Gasteiger partial charge on any atom is 0.168 e. The fraction of sp³-hybridized carbons (Fsp3) is 0.588. The van der Waals surface area contributed by atoms with Gasteiger partial charge in [-0.3, -0.25) is 4.79 Å². The summed E-state index contributed by atoms with van der Waals surface area (Å²) >= 11 is 0. The Labute approximate surface area is 111 Å². The van der Waals surface area contributed by atoms with Gasteiger partial charge >= 0.3 is 0 Å². The first-order valence-electron chi connectivity index (χ1n) is 7.07. The van der Waals surface area contributed by atoms with Gasteiger partial charge in [-0.15, -0.1) is 0 Å². The second kappa shape index (κ2) is 4.87. The molecule has 1 heteroatoms. The Hall–Kier alpha value is -1.11. The molecule has 1 unspecified atom stereocenters. The van der Waals surface area contributed by atoms with Crippen molar-refractivity contribution in [1.29, 1.82) is 0 Å². The molecule has 1 aromatic rings. The molecule has 1 aliphatic rings. The van der Waals surface area contributed by atoms with Crippen LogP contribution in [0, 0.1) is 5.41 Å². The van der Waals surface area contributed by atoms with Crippen LogP contribution in [0.4, 0.5) is 0 Å². The maximum atomic E-state index is 12.3. The molecule has 0 amide bonds. The number of fused-ring (bicyclic) bond motifs is 1. The molecular weight excluding hydrogens is 220 g/mol. The molecule has 0 saturated carbocycles. The molecule has 0 aromatic heterocycles. The molecule has 0 saturated heterocycles. The average molecular weight is 244 g/mol. The lowest BCUT2D eigenvalue weighted by Gasteiger charge is -2.19. The van der Waals surface area contributed by atoms with Crippen molar-refractivity contribution in [3.63, 3.8) is 0 Å². The van der Waals surface area contributed by atoms with E-state index in [4.69, 9.17) is 0 Å². The van der Waals surface area contributed by atoms with E-state index in [0.29, 0.717) is 5.92 Å². The van der Waals surface area contributed by atoms with E-state index in [1.807, 2.05) is 26.8 Å². The maximum absolute atomic E-state index is 12.3. The van der Waals surface area contributed by atoms with Gasteiger partial charge in [0.1, 0.15) is 0 Å². The number of carbonyl (C=O) groups is 1. The quantitative estimate of drug-likeness (QED) is 0.515. The molecule has 1 nitrogen and oxygen atoms in total. The van der Waals surface area contributed by atoms with Crippen LogP contribution in [-0.2, 0) is 6.42 Å². The minimum atomic E-state index is -0.287. The summed E-state index contributed by atoms with van der Waals surface area (Å²) in [4.78, 5) is 12.3. The van der Waals surface area contributed by atoms with Gasteiger partial charge in [0.05, 0.1) is 0 Å². The molecule has 0 heterocycles. The molecule has 0 aliphatic heterocycles. The minimum Gasteiger partial charge on any atom is -0.294 e. The molecule has 1 atom stereocenters. The van der Waals surface area contributed by atoms with Gasteiger partial charge < -0.3 is 0 Å². The number of aryl methyl sites for hydroxylation is 1. The fourth-order valence-electron chi connectivity index (χ4n) is 2.80. The van der Waals surface area contributed by atoms with Crippen molar-refractivity contribution in [3.05, 3.63) is 34.9 Å². The topological polar surface area (TPSA) is 17.1 Å². The zero-order chi connectivity index (χ0) is 13.3. The zero-order valence-corrected chi connectivity index (χ0v) is 12.0. The summed E-state index contributed by atoms with van der Waals surface area (Å²) in [6, 6.07) is 6.35. The van der Waals surface area contributed by atoms with Gasteiger partial charge in [-0.2, -0.15) is 0 Å². The van der Waals surface area contributed by atoms with E-state index in [1.54, 1.807) is 0 Å². The molecule has 0 radical (unpaired) electrons. The van der Waals surface area contributed by atoms with Crippen molar-refractivity contribution in [1.82, 2.24) is 0 Å². The van der Waals surface area contributed by atoms with Crippen LogP contribution in [0.3, 0.4) is 0 Å². The van der Waals surface area contributed by atoms with E-state index in [2.05, 4.69) is 19.1 Å². The number of hydrogen-bond donors (Lipinski definition) is 0. The van der Waals surface area contributed by atoms with Crippen LogP contribution in [-0.4, -0.2) is 5.78 Å². The second-order valence-corrected chi connectivity index (χ2v) is 6.64. The zero-order valence-electron chi connectivity index (χ0n) is 12.0. The Morgan fingerprint density at radius 2 is 1.94 bits per heavy atom. The van der Waals surface area contributed by atoms with Crippen LogP contribution in [0.2, 0.25) is 0 Å². The summed E-state index contributed by atoms with van der Waals surface area (Å²) in [6.07, 6.45) is 4.97. The van der Waals surface area contributed by atoms with Crippen molar-refractivity contribution in [3.8, 4) is 0 Å². The molecule has 0 fully saturated rings. The lowest BCUT2D eigenvalue weighted by molar-refractivity contribution is 0.0858. The predicted molar refractivity (Wildman–Crippen MR) is 76.2 cm³/mol. The second-order valence-electron chi connectivity index (χ2n) is 6.64. The number of rotatable bonds is 1. The van der Waals surface area contributed by atoms with E-state index < -0.39 is 0 Å². The van der Waals surface area contributed by atoms with Gasteiger partial charge in [-0.25, -0.2) is 0 Å². The highest BCUT2D eigenvalue weighted by Crippen LogP contribution is 2.32. The molecule has 0 spiro atoms. The third kappa shape index (κ3) is 2.66. The highest BCUT2D eigenvalue weighted by atomic mass is 16.1. The Kier molecular flexibility index (Phi) is 3.61. The van der Waals surface area contributed by atoms with Gasteiger partial charge in [-0.05, 0) is 42.4 Å². The van der Waals surface area contributed by atoms with Crippen LogP contribution in [0.25, 0.3) is 0 Å². The largest absolute Gasteiger partial charge is 0.294 e. The predicted octanol–water partition coefficient (Wildman–Crippen LogP) is 4.75. The number of benzene rings is 1. The Balaban J connectivity index is 2.38. The van der Waals surface area contributed by atoms with E-state index in [1.165, 1.54) is 30.4 Å². The molecule has 1 aromatic carbocycles. The van der Waals surface area contributed by atoms with Gasteiger partial charge in [0.25, 0.3) is 0 Å². The monoisotopic (exact) mass is 244 g/mol. The van der Waals surface area contributed by atoms with Crippen molar-refractivity contribution in [2.75, 3.05) is 0 Å². The lowest BCUT2D eigenvalue weighted by Crippen LogP contribution is -2.20. The molecule has 0 N–H and O–H groups in total. The van der Waals surface area contributed by atoms with Crippen molar-refractivity contribution < 1.29 is 4.79 Å². The first-order chi connectivity index (χ1) is 8.39. The summed E-state index contributed by atoms with van der Waals surface area (Å²) in [5, 5.41) is 0. The number of Topliss-reactive ketones (excluding diaryl/α,β-unsaturated/α-hetero) is 1. The third-order valence-corrected chi connectivity index (χ3v) is 3.95. The smallest absolute Gasteiger partial charge is 0.168 e. The lowest BCUT2D eigenvalue weighted by atomic mass is 9.84. The number of ketones is 1. The first kappa shape index (κ1) is 13.3. The van der Waals surface area contributed by atoms with Gasteiger partial charge in [-0.1, -0.05) is 46.2 Å². The average Bonchev–Trinajstić information content (AvgIpc) is 2.49. The SMILES string of the molecule is CC1CCCCc2cc(C(=O)C(C)(C)C)ccc21. The number of hydrogen-bond acceptors (Lipinski definition) is 1. The van der Waals surface area contributed by atoms with Crippen molar-refractivity contribution in [2.45, 2.75) is 59.3 Å².